The number of benzene rings is 1. The highest BCUT2D eigenvalue weighted by Gasteiger charge is 2.22. The zero-order chi connectivity index (χ0) is 14.6. The van der Waals surface area contributed by atoms with Gasteiger partial charge in [0.1, 0.15) is 0 Å². The summed E-state index contributed by atoms with van der Waals surface area (Å²) in [6.07, 6.45) is 1.10. The summed E-state index contributed by atoms with van der Waals surface area (Å²) in [5.74, 6) is -0.360. The van der Waals surface area contributed by atoms with Gasteiger partial charge in [-0.1, -0.05) is 15.9 Å². The molecule has 106 valence electrons. The number of nitrogens with one attached hydrogen (secondary N) is 1. The highest BCUT2D eigenvalue weighted by Crippen LogP contribution is 2.14. The molecule has 0 saturated heterocycles. The maximum atomic E-state index is 11.8. The Labute approximate surface area is 122 Å². The van der Waals surface area contributed by atoms with Crippen LogP contribution in [0, 0.1) is 0 Å². The van der Waals surface area contributed by atoms with Gasteiger partial charge in [-0.15, -0.1) is 0 Å². The number of rotatable bonds is 5. The molecule has 0 bridgehead atoms. The fourth-order valence-electron chi connectivity index (χ4n) is 1.56. The van der Waals surface area contributed by atoms with Gasteiger partial charge in [0, 0.05) is 16.2 Å². The summed E-state index contributed by atoms with van der Waals surface area (Å²) >= 11 is 3.30. The standard InChI is InChI=1S/C12H17BrN2O3S/c1-9(2)15(19(3,17)18)8-12(16)14-11-6-4-10(13)5-7-11/h4-7,9H,8H2,1-3H3,(H,14,16). The van der Waals surface area contributed by atoms with Gasteiger partial charge in [0.15, 0.2) is 0 Å². The van der Waals surface area contributed by atoms with E-state index >= 15 is 0 Å². The van der Waals surface area contributed by atoms with Crippen molar-refractivity contribution in [3.63, 3.8) is 0 Å². The van der Waals surface area contributed by atoms with Crippen molar-refractivity contribution in [1.82, 2.24) is 4.31 Å². The van der Waals surface area contributed by atoms with Crippen molar-refractivity contribution < 1.29 is 13.2 Å². The molecule has 0 fully saturated rings. The summed E-state index contributed by atoms with van der Waals surface area (Å²) in [6.45, 7) is 3.27. The third kappa shape index (κ3) is 5.30. The second-order valence-electron chi connectivity index (χ2n) is 4.46. The lowest BCUT2D eigenvalue weighted by Gasteiger charge is -2.23. The second-order valence-corrected chi connectivity index (χ2v) is 7.31. The first-order valence-electron chi connectivity index (χ1n) is 5.72. The van der Waals surface area contributed by atoms with E-state index in [2.05, 4.69) is 21.2 Å². The monoisotopic (exact) mass is 348 g/mol. The summed E-state index contributed by atoms with van der Waals surface area (Å²) < 4.78 is 25.2. The first kappa shape index (κ1) is 16.1. The van der Waals surface area contributed by atoms with Gasteiger partial charge in [0.25, 0.3) is 0 Å². The molecule has 0 spiro atoms. The quantitative estimate of drug-likeness (QED) is 0.885. The number of sulfonamides is 1. The fourth-order valence-corrected chi connectivity index (χ4v) is 2.94. The van der Waals surface area contributed by atoms with Crippen LogP contribution in [0.25, 0.3) is 0 Å². The smallest absolute Gasteiger partial charge is 0.239 e. The SMILES string of the molecule is CC(C)N(CC(=O)Nc1ccc(Br)cc1)S(C)(=O)=O. The van der Waals surface area contributed by atoms with Crippen LogP contribution in [-0.2, 0) is 14.8 Å². The minimum Gasteiger partial charge on any atom is -0.325 e. The minimum absolute atomic E-state index is 0.188. The third-order valence-corrected chi connectivity index (χ3v) is 4.36. The van der Waals surface area contributed by atoms with Gasteiger partial charge in [-0.05, 0) is 38.1 Å². The number of carbonyl (C=O) groups is 1. The summed E-state index contributed by atoms with van der Waals surface area (Å²) in [4.78, 5) is 11.8. The Hall–Kier alpha value is -0.920. The molecule has 0 saturated carbocycles. The number of carbonyl (C=O) groups excluding carboxylic acids is 1. The fraction of sp³-hybridized carbons (Fsp3) is 0.417. The lowest BCUT2D eigenvalue weighted by Crippen LogP contribution is -2.41. The average molecular weight is 349 g/mol. The maximum absolute atomic E-state index is 11.8. The lowest BCUT2D eigenvalue weighted by molar-refractivity contribution is -0.116. The Morgan fingerprint density at radius 2 is 1.84 bits per heavy atom. The molecule has 19 heavy (non-hydrogen) atoms. The average Bonchev–Trinajstić information content (AvgIpc) is 2.27. The van der Waals surface area contributed by atoms with Crippen molar-refractivity contribution in [2.45, 2.75) is 19.9 Å². The van der Waals surface area contributed by atoms with Gasteiger partial charge in [-0.3, -0.25) is 4.79 Å². The van der Waals surface area contributed by atoms with E-state index in [9.17, 15) is 13.2 Å². The van der Waals surface area contributed by atoms with E-state index in [4.69, 9.17) is 0 Å². The number of halogens is 1. The van der Waals surface area contributed by atoms with Crippen molar-refractivity contribution in [2.24, 2.45) is 0 Å². The zero-order valence-electron chi connectivity index (χ0n) is 11.1. The van der Waals surface area contributed by atoms with Crippen molar-refractivity contribution in [2.75, 3.05) is 18.1 Å². The summed E-state index contributed by atoms with van der Waals surface area (Å²) in [6, 6.07) is 6.81. The van der Waals surface area contributed by atoms with Crippen LogP contribution in [0.4, 0.5) is 5.69 Å². The van der Waals surface area contributed by atoms with Crippen molar-refractivity contribution in [3.05, 3.63) is 28.7 Å². The molecule has 1 amide bonds. The number of nitrogens with zero attached hydrogens (tertiary/aromatic N) is 1. The van der Waals surface area contributed by atoms with Crippen LogP contribution < -0.4 is 5.32 Å². The van der Waals surface area contributed by atoms with Gasteiger partial charge in [0.05, 0.1) is 12.8 Å². The minimum atomic E-state index is -3.39. The van der Waals surface area contributed by atoms with Gasteiger partial charge >= 0.3 is 0 Å². The van der Waals surface area contributed by atoms with Crippen LogP contribution in [0.3, 0.4) is 0 Å². The molecule has 5 nitrogen and oxygen atoms in total. The molecule has 0 radical (unpaired) electrons. The van der Waals surface area contributed by atoms with Crippen LogP contribution in [0.5, 0.6) is 0 Å². The van der Waals surface area contributed by atoms with Crippen molar-refractivity contribution in [3.8, 4) is 0 Å². The molecule has 0 aliphatic rings. The Bertz CT molecular complexity index is 541. The van der Waals surface area contributed by atoms with Crippen LogP contribution >= 0.6 is 15.9 Å². The second kappa shape index (κ2) is 6.49. The predicted octanol–water partition coefficient (Wildman–Crippen LogP) is 2.06. The highest BCUT2D eigenvalue weighted by molar-refractivity contribution is 9.10. The van der Waals surface area contributed by atoms with E-state index in [1.807, 2.05) is 0 Å². The maximum Gasteiger partial charge on any atom is 0.239 e. The molecule has 1 N–H and O–H groups in total. The highest BCUT2D eigenvalue weighted by atomic mass is 79.9. The van der Waals surface area contributed by atoms with Gasteiger partial charge in [-0.2, -0.15) is 4.31 Å². The number of anilines is 1. The van der Waals surface area contributed by atoms with E-state index in [0.29, 0.717) is 5.69 Å². The Morgan fingerprint density at radius 3 is 2.26 bits per heavy atom. The van der Waals surface area contributed by atoms with E-state index in [1.165, 1.54) is 0 Å². The number of hydrogen-bond acceptors (Lipinski definition) is 3. The molecule has 1 rings (SSSR count). The van der Waals surface area contributed by atoms with E-state index < -0.39 is 10.0 Å². The van der Waals surface area contributed by atoms with Crippen LogP contribution in [0.2, 0.25) is 0 Å². The molecular weight excluding hydrogens is 332 g/mol. The van der Waals surface area contributed by atoms with E-state index in [-0.39, 0.29) is 18.5 Å². The van der Waals surface area contributed by atoms with Crippen molar-refractivity contribution >= 4 is 37.5 Å². The molecule has 0 atom stereocenters. The first-order chi connectivity index (χ1) is 8.70. The molecule has 0 heterocycles. The summed E-state index contributed by atoms with van der Waals surface area (Å²) in [5.41, 5.74) is 0.630. The molecule has 0 aromatic heterocycles. The van der Waals surface area contributed by atoms with E-state index in [1.54, 1.807) is 38.1 Å². The summed E-state index contributed by atoms with van der Waals surface area (Å²) in [5, 5.41) is 2.66. The molecule has 0 unspecified atom stereocenters. The Kier molecular flexibility index (Phi) is 5.51. The molecule has 0 aliphatic carbocycles. The number of hydrogen-bond donors (Lipinski definition) is 1. The molecule has 0 aliphatic heterocycles. The summed E-state index contributed by atoms with van der Waals surface area (Å²) in [7, 11) is -3.39. The molecule has 1 aromatic rings. The lowest BCUT2D eigenvalue weighted by atomic mass is 10.3. The largest absolute Gasteiger partial charge is 0.325 e. The molecular formula is C12H17BrN2O3S. The zero-order valence-corrected chi connectivity index (χ0v) is 13.5. The van der Waals surface area contributed by atoms with Crippen LogP contribution in [-0.4, -0.2) is 37.5 Å². The number of amides is 1. The van der Waals surface area contributed by atoms with Gasteiger partial charge in [0.2, 0.25) is 15.9 Å². The van der Waals surface area contributed by atoms with Gasteiger partial charge in [-0.25, -0.2) is 8.42 Å². The Balaban J connectivity index is 2.71. The van der Waals surface area contributed by atoms with Crippen molar-refractivity contribution in [1.29, 1.82) is 0 Å². The van der Waals surface area contributed by atoms with E-state index in [0.717, 1.165) is 15.0 Å². The first-order valence-corrected chi connectivity index (χ1v) is 8.36. The van der Waals surface area contributed by atoms with Crippen LogP contribution in [0.15, 0.2) is 28.7 Å². The Morgan fingerprint density at radius 1 is 1.32 bits per heavy atom. The third-order valence-electron chi connectivity index (χ3n) is 2.43. The molecule has 1 aromatic carbocycles. The van der Waals surface area contributed by atoms with Crippen LogP contribution in [0.1, 0.15) is 13.8 Å². The normalized spacial score (nSPS) is 11.9. The predicted molar refractivity (Wildman–Crippen MR) is 79.5 cm³/mol. The van der Waals surface area contributed by atoms with Gasteiger partial charge < -0.3 is 5.32 Å². The molecule has 7 heteroatoms. The topological polar surface area (TPSA) is 66.5 Å².